The fourth-order valence-electron chi connectivity index (χ4n) is 3.79. The van der Waals surface area contributed by atoms with Crippen molar-refractivity contribution in [1.29, 1.82) is 0 Å². The van der Waals surface area contributed by atoms with Gasteiger partial charge in [0.25, 0.3) is 5.91 Å². The van der Waals surface area contributed by atoms with Crippen LogP contribution < -0.4 is 15.2 Å². The first-order valence-electron chi connectivity index (χ1n) is 9.33. The topological polar surface area (TPSA) is 66.5 Å². The third-order valence-electron chi connectivity index (χ3n) is 5.20. The summed E-state index contributed by atoms with van der Waals surface area (Å²) in [4.78, 5) is 12.1. The van der Waals surface area contributed by atoms with Gasteiger partial charge in [-0.2, -0.15) is 0 Å². The Morgan fingerprint density at radius 1 is 1.03 bits per heavy atom. The average Bonchev–Trinajstić information content (AvgIpc) is 2.96. The fourth-order valence-corrected chi connectivity index (χ4v) is 4.06. The normalized spacial score (nSPS) is 10.8. The van der Waals surface area contributed by atoms with Crippen molar-refractivity contribution in [3.8, 4) is 22.8 Å². The van der Waals surface area contributed by atoms with Gasteiger partial charge in [-0.15, -0.1) is 0 Å². The SMILES string of the molecule is COc1ccc(CCn2c(C)c(C(N)=O)c(C)c2-c2ccc(Br)cc2)cc1OC. The Hall–Kier alpha value is -2.73. The number of aromatic nitrogens is 1. The second kappa shape index (κ2) is 8.74. The van der Waals surface area contributed by atoms with Crippen molar-refractivity contribution in [3.05, 3.63) is 69.3 Å². The molecule has 0 saturated carbocycles. The Balaban J connectivity index is 2.01. The summed E-state index contributed by atoms with van der Waals surface area (Å²) in [5.74, 6) is 1.01. The summed E-state index contributed by atoms with van der Waals surface area (Å²) >= 11 is 3.48. The van der Waals surface area contributed by atoms with E-state index in [4.69, 9.17) is 15.2 Å². The van der Waals surface area contributed by atoms with Crippen molar-refractivity contribution < 1.29 is 14.3 Å². The van der Waals surface area contributed by atoms with Gasteiger partial charge in [0.15, 0.2) is 11.5 Å². The zero-order valence-electron chi connectivity index (χ0n) is 17.1. The van der Waals surface area contributed by atoms with Gasteiger partial charge in [0.1, 0.15) is 0 Å². The highest BCUT2D eigenvalue weighted by Crippen LogP contribution is 2.33. The highest BCUT2D eigenvalue weighted by Gasteiger charge is 2.22. The number of amides is 1. The molecule has 0 atom stereocenters. The van der Waals surface area contributed by atoms with Gasteiger partial charge in [0, 0.05) is 16.7 Å². The molecule has 0 aliphatic heterocycles. The van der Waals surface area contributed by atoms with Crippen LogP contribution in [0.25, 0.3) is 11.3 Å². The highest BCUT2D eigenvalue weighted by atomic mass is 79.9. The number of nitrogens with zero attached hydrogens (tertiary/aromatic N) is 1. The molecule has 0 bridgehead atoms. The fraction of sp³-hybridized carbons (Fsp3) is 0.261. The zero-order valence-corrected chi connectivity index (χ0v) is 18.7. The van der Waals surface area contributed by atoms with Gasteiger partial charge in [-0.25, -0.2) is 0 Å². The van der Waals surface area contributed by atoms with Gasteiger partial charge in [0.05, 0.1) is 25.5 Å². The summed E-state index contributed by atoms with van der Waals surface area (Å²) in [6.45, 7) is 4.61. The van der Waals surface area contributed by atoms with Crippen molar-refractivity contribution in [2.24, 2.45) is 5.73 Å². The van der Waals surface area contributed by atoms with Crippen LogP contribution in [0.1, 0.15) is 27.2 Å². The molecule has 5 nitrogen and oxygen atoms in total. The van der Waals surface area contributed by atoms with Gasteiger partial charge in [0.2, 0.25) is 0 Å². The van der Waals surface area contributed by atoms with E-state index in [0.29, 0.717) is 23.6 Å². The molecule has 0 aliphatic carbocycles. The molecule has 0 fully saturated rings. The van der Waals surface area contributed by atoms with Gasteiger partial charge >= 0.3 is 0 Å². The predicted octanol–water partition coefficient (Wildman–Crippen LogP) is 4.89. The number of halogens is 1. The summed E-state index contributed by atoms with van der Waals surface area (Å²) in [6, 6.07) is 14.0. The van der Waals surface area contributed by atoms with Crippen LogP contribution in [0.4, 0.5) is 0 Å². The Bertz CT molecular complexity index is 1040. The lowest BCUT2D eigenvalue weighted by Gasteiger charge is -2.14. The van der Waals surface area contributed by atoms with Crippen molar-refractivity contribution in [2.75, 3.05) is 14.2 Å². The molecule has 1 aromatic heterocycles. The van der Waals surface area contributed by atoms with Crippen molar-refractivity contribution in [3.63, 3.8) is 0 Å². The van der Waals surface area contributed by atoms with E-state index >= 15 is 0 Å². The number of methoxy groups -OCH3 is 2. The van der Waals surface area contributed by atoms with Crippen LogP contribution in [-0.2, 0) is 13.0 Å². The Morgan fingerprint density at radius 2 is 1.69 bits per heavy atom. The molecule has 0 spiro atoms. The Labute approximate surface area is 179 Å². The van der Waals surface area contributed by atoms with Crippen molar-refractivity contribution in [2.45, 2.75) is 26.8 Å². The zero-order chi connectivity index (χ0) is 21.1. The molecule has 0 unspecified atom stereocenters. The maximum absolute atomic E-state index is 12.1. The van der Waals surface area contributed by atoms with E-state index in [0.717, 1.165) is 39.0 Å². The quantitative estimate of drug-likeness (QED) is 0.549. The molecule has 0 saturated heterocycles. The van der Waals surface area contributed by atoms with E-state index < -0.39 is 5.91 Å². The molecular weight excluding hydrogens is 432 g/mol. The molecule has 3 aromatic rings. The number of nitrogens with two attached hydrogens (primary N) is 1. The van der Waals surface area contributed by atoms with E-state index in [1.54, 1.807) is 14.2 Å². The molecule has 29 heavy (non-hydrogen) atoms. The molecule has 3 rings (SSSR count). The second-order valence-corrected chi connectivity index (χ2v) is 7.81. The molecule has 1 heterocycles. The van der Waals surface area contributed by atoms with E-state index in [1.165, 1.54) is 0 Å². The lowest BCUT2D eigenvalue weighted by molar-refractivity contribution is 0.0999. The first kappa shape index (κ1) is 21.0. The summed E-state index contributed by atoms with van der Waals surface area (Å²) in [5.41, 5.74) is 11.3. The number of ether oxygens (including phenoxy) is 2. The number of primary amides is 1. The molecule has 2 aromatic carbocycles. The number of hydrogen-bond acceptors (Lipinski definition) is 3. The number of rotatable bonds is 7. The highest BCUT2D eigenvalue weighted by molar-refractivity contribution is 9.10. The molecule has 6 heteroatoms. The minimum atomic E-state index is -0.400. The second-order valence-electron chi connectivity index (χ2n) is 6.90. The molecule has 2 N–H and O–H groups in total. The lowest BCUT2D eigenvalue weighted by Crippen LogP contribution is -2.13. The van der Waals surface area contributed by atoms with Crippen LogP contribution >= 0.6 is 15.9 Å². The number of benzene rings is 2. The standard InChI is InChI=1S/C23H25BrN2O3/c1-14-21(23(25)27)15(2)26(22(14)17-6-8-18(24)9-7-17)12-11-16-5-10-19(28-3)20(13-16)29-4/h5-10,13H,11-12H2,1-4H3,(H2,25,27). The third kappa shape index (κ3) is 4.17. The lowest BCUT2D eigenvalue weighted by atomic mass is 10.0. The number of carbonyl (C=O) groups is 1. The maximum atomic E-state index is 12.1. The largest absolute Gasteiger partial charge is 0.493 e. The molecule has 0 aliphatic rings. The predicted molar refractivity (Wildman–Crippen MR) is 119 cm³/mol. The minimum absolute atomic E-state index is 0.400. The van der Waals surface area contributed by atoms with Crippen LogP contribution in [0.2, 0.25) is 0 Å². The minimum Gasteiger partial charge on any atom is -0.493 e. The van der Waals surface area contributed by atoms with E-state index in [9.17, 15) is 4.79 Å². The Kier molecular flexibility index (Phi) is 6.33. The first-order chi connectivity index (χ1) is 13.9. The van der Waals surface area contributed by atoms with Gasteiger partial charge in [-0.3, -0.25) is 4.79 Å². The smallest absolute Gasteiger partial charge is 0.250 e. The molecule has 0 radical (unpaired) electrons. The van der Waals surface area contributed by atoms with Gasteiger partial charge < -0.3 is 19.8 Å². The summed E-state index contributed by atoms with van der Waals surface area (Å²) in [5, 5.41) is 0. The van der Waals surface area contributed by atoms with Gasteiger partial charge in [-0.1, -0.05) is 34.1 Å². The summed E-state index contributed by atoms with van der Waals surface area (Å²) in [7, 11) is 3.26. The Morgan fingerprint density at radius 3 is 2.28 bits per heavy atom. The van der Waals surface area contributed by atoms with Crippen LogP contribution in [0.5, 0.6) is 11.5 Å². The third-order valence-corrected chi connectivity index (χ3v) is 5.73. The number of aryl methyl sites for hydroxylation is 1. The van der Waals surface area contributed by atoms with E-state index in [-0.39, 0.29) is 0 Å². The monoisotopic (exact) mass is 456 g/mol. The number of hydrogen-bond donors (Lipinski definition) is 1. The van der Waals surface area contributed by atoms with Crippen LogP contribution in [0, 0.1) is 13.8 Å². The van der Waals surface area contributed by atoms with E-state index in [2.05, 4.69) is 20.5 Å². The summed E-state index contributed by atoms with van der Waals surface area (Å²) < 4.78 is 13.9. The van der Waals surface area contributed by atoms with Crippen LogP contribution in [0.15, 0.2) is 46.9 Å². The summed E-state index contributed by atoms with van der Waals surface area (Å²) in [6.07, 6.45) is 0.775. The van der Waals surface area contributed by atoms with Crippen molar-refractivity contribution in [1.82, 2.24) is 4.57 Å². The van der Waals surface area contributed by atoms with Crippen molar-refractivity contribution >= 4 is 21.8 Å². The molecule has 152 valence electrons. The number of carbonyl (C=O) groups excluding carboxylic acids is 1. The maximum Gasteiger partial charge on any atom is 0.250 e. The molecule has 1 amide bonds. The molecular formula is C23H25BrN2O3. The average molecular weight is 457 g/mol. The van der Waals surface area contributed by atoms with Gasteiger partial charge in [-0.05, 0) is 61.2 Å². The van der Waals surface area contributed by atoms with Crippen LogP contribution in [-0.4, -0.2) is 24.7 Å². The first-order valence-corrected chi connectivity index (χ1v) is 10.1. The van der Waals surface area contributed by atoms with E-state index in [1.807, 2.05) is 56.3 Å². The van der Waals surface area contributed by atoms with Crippen LogP contribution in [0.3, 0.4) is 0 Å².